The Bertz CT molecular complexity index is 236. The van der Waals surface area contributed by atoms with Crippen LogP contribution in [0.1, 0.15) is 32.6 Å². The van der Waals surface area contributed by atoms with Gasteiger partial charge in [0, 0.05) is 25.0 Å². The second-order valence-electron chi connectivity index (χ2n) is 5.26. The molecule has 3 nitrogen and oxygen atoms in total. The summed E-state index contributed by atoms with van der Waals surface area (Å²) in [4.78, 5) is 13.6. The summed E-state index contributed by atoms with van der Waals surface area (Å²) >= 11 is 0. The third kappa shape index (κ3) is 3.28. The fourth-order valence-corrected chi connectivity index (χ4v) is 2.52. The van der Waals surface area contributed by atoms with Crippen LogP contribution in [0.15, 0.2) is 0 Å². The fourth-order valence-electron chi connectivity index (χ4n) is 2.52. The topological polar surface area (TPSA) is 32.3 Å². The Balaban J connectivity index is 1.89. The Morgan fingerprint density at radius 2 is 2.13 bits per heavy atom. The van der Waals surface area contributed by atoms with Gasteiger partial charge in [0.05, 0.1) is 0 Å². The van der Waals surface area contributed by atoms with Crippen LogP contribution in [0.3, 0.4) is 0 Å². The van der Waals surface area contributed by atoms with Gasteiger partial charge in [0.2, 0.25) is 0 Å². The van der Waals surface area contributed by atoms with Crippen LogP contribution in [0.25, 0.3) is 0 Å². The molecule has 2 fully saturated rings. The molecule has 2 unspecified atom stereocenters. The Hall–Kier alpha value is -0.410. The van der Waals surface area contributed by atoms with Gasteiger partial charge in [-0.1, -0.05) is 0 Å². The molecule has 2 atom stereocenters. The lowest BCUT2D eigenvalue weighted by Crippen LogP contribution is -2.50. The predicted octanol–water partition coefficient (Wildman–Crippen LogP) is 1.04. The van der Waals surface area contributed by atoms with E-state index in [1.165, 1.54) is 19.3 Å². The number of Topliss-reactive ketones (excluding diaryl/α,β-unsaturated/α-hetero) is 1. The number of nitrogens with one attached hydrogen (secondary N) is 1. The summed E-state index contributed by atoms with van der Waals surface area (Å²) in [6.07, 6.45) is 4.58. The van der Waals surface area contributed by atoms with Gasteiger partial charge in [-0.15, -0.1) is 0 Å². The van der Waals surface area contributed by atoms with Crippen LogP contribution in [0.4, 0.5) is 0 Å². The molecule has 0 spiro atoms. The molecule has 3 heteroatoms. The minimum Gasteiger partial charge on any atom is -0.310 e. The molecule has 1 heterocycles. The van der Waals surface area contributed by atoms with Gasteiger partial charge >= 0.3 is 0 Å². The first-order chi connectivity index (χ1) is 7.15. The molecule has 1 saturated carbocycles. The molecular weight excluding hydrogens is 188 g/mol. The first-order valence-corrected chi connectivity index (χ1v) is 6.09. The first kappa shape index (κ1) is 11.1. The van der Waals surface area contributed by atoms with E-state index in [4.69, 9.17) is 0 Å². The van der Waals surface area contributed by atoms with Crippen LogP contribution in [0, 0.1) is 5.92 Å². The monoisotopic (exact) mass is 210 g/mol. The minimum atomic E-state index is 0.340. The van der Waals surface area contributed by atoms with Gasteiger partial charge in [-0.05, 0) is 45.7 Å². The van der Waals surface area contributed by atoms with E-state index in [2.05, 4.69) is 17.3 Å². The number of nitrogens with zero attached hydrogens (tertiary/aromatic N) is 1. The number of hydrogen-bond acceptors (Lipinski definition) is 3. The number of piperidine rings is 1. The molecule has 0 aromatic heterocycles. The van der Waals surface area contributed by atoms with Crippen molar-refractivity contribution in [3.8, 4) is 0 Å². The summed E-state index contributed by atoms with van der Waals surface area (Å²) in [6, 6.07) is 1.29. The minimum absolute atomic E-state index is 0.340. The van der Waals surface area contributed by atoms with Crippen LogP contribution in [-0.2, 0) is 4.79 Å². The van der Waals surface area contributed by atoms with E-state index in [1.54, 1.807) is 6.92 Å². The number of rotatable bonds is 4. The largest absolute Gasteiger partial charge is 0.310 e. The van der Waals surface area contributed by atoms with Crippen LogP contribution < -0.4 is 5.32 Å². The molecule has 0 aromatic rings. The van der Waals surface area contributed by atoms with E-state index in [0.717, 1.165) is 25.6 Å². The summed E-state index contributed by atoms with van der Waals surface area (Å²) in [5.74, 6) is 0.909. The van der Waals surface area contributed by atoms with Gasteiger partial charge in [-0.3, -0.25) is 0 Å². The molecule has 2 rings (SSSR count). The van der Waals surface area contributed by atoms with E-state index < -0.39 is 0 Å². The predicted molar refractivity (Wildman–Crippen MR) is 60.8 cm³/mol. The van der Waals surface area contributed by atoms with E-state index in [9.17, 15) is 4.79 Å². The van der Waals surface area contributed by atoms with Crippen LogP contribution in [0.5, 0.6) is 0 Å². The molecule has 0 aromatic carbocycles. The quantitative estimate of drug-likeness (QED) is 0.752. The number of carbonyl (C=O) groups is 1. The van der Waals surface area contributed by atoms with Crippen molar-refractivity contribution in [1.82, 2.24) is 10.2 Å². The fraction of sp³-hybridized carbons (Fsp3) is 0.917. The average Bonchev–Trinajstić information content (AvgIpc) is 2.93. The number of likely N-dealkylation sites (tertiary alicyclic amines) is 1. The van der Waals surface area contributed by atoms with Crippen molar-refractivity contribution in [2.24, 2.45) is 5.92 Å². The molecule has 86 valence electrons. The normalized spacial score (nSPS) is 32.9. The Labute approximate surface area is 92.2 Å². The summed E-state index contributed by atoms with van der Waals surface area (Å²) in [5, 5.41) is 3.68. The van der Waals surface area contributed by atoms with Gasteiger partial charge in [0.25, 0.3) is 0 Å². The highest BCUT2D eigenvalue weighted by atomic mass is 16.1. The summed E-state index contributed by atoms with van der Waals surface area (Å²) in [5.41, 5.74) is 0. The second kappa shape index (κ2) is 4.62. The highest BCUT2D eigenvalue weighted by Gasteiger charge is 2.32. The smallest absolute Gasteiger partial charge is 0.130 e. The Kier molecular flexibility index (Phi) is 3.42. The number of likely N-dealkylation sites (N-methyl/N-ethyl adjacent to an activating group) is 1. The van der Waals surface area contributed by atoms with Gasteiger partial charge in [-0.25, -0.2) is 0 Å². The summed E-state index contributed by atoms with van der Waals surface area (Å²) in [7, 11) is 2.17. The summed E-state index contributed by atoms with van der Waals surface area (Å²) in [6.45, 7) is 3.96. The van der Waals surface area contributed by atoms with E-state index >= 15 is 0 Å². The molecule has 1 aliphatic heterocycles. The van der Waals surface area contributed by atoms with Crippen molar-refractivity contribution in [2.75, 3.05) is 20.1 Å². The lowest BCUT2D eigenvalue weighted by atomic mass is 9.87. The second-order valence-corrected chi connectivity index (χ2v) is 5.26. The number of hydrogen-bond donors (Lipinski definition) is 1. The third-order valence-electron chi connectivity index (χ3n) is 3.54. The first-order valence-electron chi connectivity index (χ1n) is 6.09. The standard InChI is InChI=1S/C12H22N2O/c1-9(15)7-10-5-6-14(2)8-12(10)13-11-3-4-11/h10-13H,3-8H2,1-2H3. The molecule has 0 radical (unpaired) electrons. The van der Waals surface area contributed by atoms with Crippen molar-refractivity contribution in [1.29, 1.82) is 0 Å². The van der Waals surface area contributed by atoms with Gasteiger partial charge in [0.1, 0.15) is 5.78 Å². The van der Waals surface area contributed by atoms with Crippen molar-refractivity contribution in [2.45, 2.75) is 44.7 Å². The van der Waals surface area contributed by atoms with E-state index in [0.29, 0.717) is 17.7 Å². The van der Waals surface area contributed by atoms with Crippen molar-refractivity contribution in [3.05, 3.63) is 0 Å². The maximum atomic E-state index is 11.2. The highest BCUT2D eigenvalue weighted by molar-refractivity contribution is 5.75. The Morgan fingerprint density at radius 1 is 1.40 bits per heavy atom. The molecular formula is C12H22N2O. The molecule has 0 bridgehead atoms. The Morgan fingerprint density at radius 3 is 2.73 bits per heavy atom. The maximum Gasteiger partial charge on any atom is 0.130 e. The number of ketones is 1. The van der Waals surface area contributed by atoms with Gasteiger partial charge in [-0.2, -0.15) is 0 Å². The molecule has 2 aliphatic rings. The van der Waals surface area contributed by atoms with Crippen molar-refractivity contribution < 1.29 is 4.79 Å². The maximum absolute atomic E-state index is 11.2. The van der Waals surface area contributed by atoms with Crippen molar-refractivity contribution >= 4 is 5.78 Å². The third-order valence-corrected chi connectivity index (χ3v) is 3.54. The van der Waals surface area contributed by atoms with Gasteiger partial charge in [0.15, 0.2) is 0 Å². The zero-order valence-corrected chi connectivity index (χ0v) is 9.83. The van der Waals surface area contributed by atoms with Crippen LogP contribution in [0.2, 0.25) is 0 Å². The number of carbonyl (C=O) groups excluding carboxylic acids is 1. The SMILES string of the molecule is CC(=O)CC1CCN(C)CC1NC1CC1. The molecule has 1 saturated heterocycles. The zero-order chi connectivity index (χ0) is 10.8. The lowest BCUT2D eigenvalue weighted by Gasteiger charge is -2.37. The summed E-state index contributed by atoms with van der Waals surface area (Å²) < 4.78 is 0. The molecule has 15 heavy (non-hydrogen) atoms. The van der Waals surface area contributed by atoms with Crippen molar-refractivity contribution in [3.63, 3.8) is 0 Å². The van der Waals surface area contributed by atoms with Crippen LogP contribution in [-0.4, -0.2) is 42.9 Å². The molecule has 1 aliphatic carbocycles. The lowest BCUT2D eigenvalue weighted by molar-refractivity contribution is -0.118. The van der Waals surface area contributed by atoms with Gasteiger partial charge < -0.3 is 15.0 Å². The van der Waals surface area contributed by atoms with Crippen LogP contribution >= 0.6 is 0 Å². The molecule has 0 amide bonds. The average molecular weight is 210 g/mol. The van der Waals surface area contributed by atoms with E-state index in [1.807, 2.05) is 0 Å². The van der Waals surface area contributed by atoms with E-state index in [-0.39, 0.29) is 0 Å². The highest BCUT2D eigenvalue weighted by Crippen LogP contribution is 2.26. The molecule has 1 N–H and O–H groups in total. The zero-order valence-electron chi connectivity index (χ0n) is 9.83.